The minimum absolute atomic E-state index is 0.351. The molecule has 0 atom stereocenters. The molecular weight excluding hydrogens is 244 g/mol. The highest BCUT2D eigenvalue weighted by Gasteiger charge is 2.11. The van der Waals surface area contributed by atoms with E-state index in [-0.39, 0.29) is 5.56 Å². The number of halogens is 1. The summed E-state index contributed by atoms with van der Waals surface area (Å²) < 4.78 is 0. The van der Waals surface area contributed by atoms with Crippen molar-refractivity contribution in [3.05, 3.63) is 51.3 Å². The van der Waals surface area contributed by atoms with Gasteiger partial charge in [-0.2, -0.15) is 5.10 Å². The highest BCUT2D eigenvalue weighted by Crippen LogP contribution is 2.20. The summed E-state index contributed by atoms with van der Waals surface area (Å²) in [5.41, 5.74) is -0.0981. The predicted molar refractivity (Wildman–Crippen MR) is 62.3 cm³/mol. The van der Waals surface area contributed by atoms with Crippen LogP contribution < -0.4 is 5.56 Å². The van der Waals surface area contributed by atoms with E-state index in [4.69, 9.17) is 16.7 Å². The number of aromatic amines is 1. The van der Waals surface area contributed by atoms with Gasteiger partial charge in [-0.05, 0) is 18.2 Å². The number of carbonyl (C=O) groups is 1. The van der Waals surface area contributed by atoms with Crippen molar-refractivity contribution in [1.29, 1.82) is 0 Å². The summed E-state index contributed by atoms with van der Waals surface area (Å²) in [5.74, 6) is -1.29. The number of hydrogen-bond donors (Lipinski definition) is 2. The number of nitrogens with one attached hydrogen (secondary N) is 1. The summed E-state index contributed by atoms with van der Waals surface area (Å²) in [7, 11) is 0. The number of H-pyrrole nitrogens is 1. The van der Waals surface area contributed by atoms with E-state index in [1.165, 1.54) is 6.07 Å². The molecule has 1 aromatic heterocycles. The van der Waals surface area contributed by atoms with E-state index in [0.29, 0.717) is 16.3 Å². The Kier molecular flexibility index (Phi) is 2.93. The smallest absolute Gasteiger partial charge is 0.341 e. The Morgan fingerprint density at radius 1 is 1.35 bits per heavy atom. The van der Waals surface area contributed by atoms with Crippen LogP contribution in [0, 0.1) is 0 Å². The predicted octanol–water partition coefficient (Wildman–Crippen LogP) is 1.79. The first kappa shape index (κ1) is 11.3. The third-order valence-electron chi connectivity index (χ3n) is 2.15. The SMILES string of the molecule is O=C(O)c1cc(-c2cccc(Cl)c2)n[nH]c1=O. The lowest BCUT2D eigenvalue weighted by Crippen LogP contribution is -2.18. The molecule has 0 fully saturated rings. The molecule has 0 saturated carbocycles. The van der Waals surface area contributed by atoms with Gasteiger partial charge in [0.1, 0.15) is 5.56 Å². The molecule has 5 nitrogen and oxygen atoms in total. The lowest BCUT2D eigenvalue weighted by molar-refractivity contribution is 0.0694. The number of nitrogens with zero attached hydrogens (tertiary/aromatic N) is 1. The number of carboxylic acid groups (broad SMARTS) is 1. The molecule has 0 radical (unpaired) electrons. The molecule has 0 amide bonds. The van der Waals surface area contributed by atoms with E-state index in [1.807, 2.05) is 0 Å². The Bertz CT molecular complexity index is 637. The summed E-state index contributed by atoms with van der Waals surface area (Å²) in [6.45, 7) is 0. The molecule has 0 unspecified atom stereocenters. The maximum Gasteiger partial charge on any atom is 0.341 e. The number of carboxylic acids is 1. The minimum Gasteiger partial charge on any atom is -0.477 e. The van der Waals surface area contributed by atoms with E-state index in [9.17, 15) is 9.59 Å². The summed E-state index contributed by atoms with van der Waals surface area (Å²) in [6, 6.07) is 7.97. The first-order chi connectivity index (χ1) is 8.08. The van der Waals surface area contributed by atoms with Crippen LogP contribution in [0.2, 0.25) is 5.02 Å². The van der Waals surface area contributed by atoms with Crippen LogP contribution in [0.1, 0.15) is 10.4 Å². The fraction of sp³-hybridized carbons (Fsp3) is 0. The zero-order valence-corrected chi connectivity index (χ0v) is 9.23. The third kappa shape index (κ3) is 2.34. The van der Waals surface area contributed by atoms with Crippen LogP contribution in [-0.4, -0.2) is 21.3 Å². The molecule has 17 heavy (non-hydrogen) atoms. The van der Waals surface area contributed by atoms with Gasteiger partial charge in [0.05, 0.1) is 5.69 Å². The fourth-order valence-corrected chi connectivity index (χ4v) is 1.55. The molecule has 6 heteroatoms. The Labute approximate surface area is 101 Å². The van der Waals surface area contributed by atoms with Gasteiger partial charge in [0, 0.05) is 10.6 Å². The van der Waals surface area contributed by atoms with Gasteiger partial charge in [-0.3, -0.25) is 4.79 Å². The van der Waals surface area contributed by atoms with Gasteiger partial charge < -0.3 is 5.11 Å². The number of benzene rings is 1. The van der Waals surface area contributed by atoms with E-state index in [0.717, 1.165) is 0 Å². The van der Waals surface area contributed by atoms with E-state index < -0.39 is 11.5 Å². The summed E-state index contributed by atoms with van der Waals surface area (Å²) >= 11 is 5.81. The molecule has 0 bridgehead atoms. The maximum atomic E-state index is 11.2. The van der Waals surface area contributed by atoms with Crippen LogP contribution in [0.25, 0.3) is 11.3 Å². The van der Waals surface area contributed by atoms with Gasteiger partial charge in [-0.25, -0.2) is 9.89 Å². The molecule has 1 aromatic carbocycles. The monoisotopic (exact) mass is 250 g/mol. The van der Waals surface area contributed by atoms with Gasteiger partial charge in [0.2, 0.25) is 0 Å². The highest BCUT2D eigenvalue weighted by molar-refractivity contribution is 6.30. The first-order valence-corrected chi connectivity index (χ1v) is 5.04. The van der Waals surface area contributed by atoms with Crippen molar-refractivity contribution >= 4 is 17.6 Å². The van der Waals surface area contributed by atoms with Crippen LogP contribution in [0.3, 0.4) is 0 Å². The molecule has 1 heterocycles. The van der Waals surface area contributed by atoms with Crippen molar-refractivity contribution < 1.29 is 9.90 Å². The second-order valence-electron chi connectivity index (χ2n) is 3.31. The molecule has 0 aliphatic carbocycles. The number of rotatable bonds is 2. The molecule has 0 spiro atoms. The Balaban J connectivity index is 2.58. The zero-order chi connectivity index (χ0) is 12.4. The molecule has 0 saturated heterocycles. The summed E-state index contributed by atoms with van der Waals surface area (Å²) in [6.07, 6.45) is 0. The quantitative estimate of drug-likeness (QED) is 0.851. The molecule has 2 N–H and O–H groups in total. The van der Waals surface area contributed by atoms with Crippen molar-refractivity contribution in [3.63, 3.8) is 0 Å². The largest absolute Gasteiger partial charge is 0.477 e. The van der Waals surface area contributed by atoms with E-state index >= 15 is 0 Å². The van der Waals surface area contributed by atoms with Gasteiger partial charge in [0.15, 0.2) is 0 Å². The average Bonchev–Trinajstić information content (AvgIpc) is 2.29. The van der Waals surface area contributed by atoms with Crippen molar-refractivity contribution in [2.24, 2.45) is 0 Å². The lowest BCUT2D eigenvalue weighted by atomic mass is 10.1. The second-order valence-corrected chi connectivity index (χ2v) is 3.75. The number of aromatic carboxylic acids is 1. The van der Waals surface area contributed by atoms with Crippen molar-refractivity contribution in [3.8, 4) is 11.3 Å². The second kappa shape index (κ2) is 4.39. The van der Waals surface area contributed by atoms with Crippen LogP contribution >= 0.6 is 11.6 Å². The van der Waals surface area contributed by atoms with Crippen molar-refractivity contribution in [2.45, 2.75) is 0 Å². The Morgan fingerprint density at radius 3 is 2.76 bits per heavy atom. The summed E-state index contributed by atoms with van der Waals surface area (Å²) in [5, 5.41) is 15.2. The molecule has 0 aliphatic rings. The molecule has 86 valence electrons. The molecular formula is C11H7ClN2O3. The lowest BCUT2D eigenvalue weighted by Gasteiger charge is -2.01. The molecule has 2 rings (SSSR count). The summed E-state index contributed by atoms with van der Waals surface area (Å²) in [4.78, 5) is 22.0. The van der Waals surface area contributed by atoms with Crippen LogP contribution in [0.5, 0.6) is 0 Å². The molecule has 2 aromatic rings. The standard InChI is InChI=1S/C11H7ClN2O3/c12-7-3-1-2-6(4-7)9-5-8(11(16)17)10(15)14-13-9/h1-5H,(H,14,15)(H,16,17). The normalized spacial score (nSPS) is 10.2. The van der Waals surface area contributed by atoms with Crippen LogP contribution in [-0.2, 0) is 0 Å². The van der Waals surface area contributed by atoms with E-state index in [1.54, 1.807) is 24.3 Å². The van der Waals surface area contributed by atoms with E-state index in [2.05, 4.69) is 10.2 Å². The fourth-order valence-electron chi connectivity index (χ4n) is 1.36. The van der Waals surface area contributed by atoms with Gasteiger partial charge in [-0.1, -0.05) is 23.7 Å². The average molecular weight is 251 g/mol. The van der Waals surface area contributed by atoms with Gasteiger partial charge in [-0.15, -0.1) is 0 Å². The number of hydrogen-bond acceptors (Lipinski definition) is 3. The van der Waals surface area contributed by atoms with Crippen molar-refractivity contribution in [2.75, 3.05) is 0 Å². The molecule has 0 aliphatic heterocycles. The van der Waals surface area contributed by atoms with Crippen LogP contribution in [0.15, 0.2) is 35.1 Å². The van der Waals surface area contributed by atoms with Gasteiger partial charge >= 0.3 is 5.97 Å². The first-order valence-electron chi connectivity index (χ1n) is 4.67. The maximum absolute atomic E-state index is 11.2. The van der Waals surface area contributed by atoms with Crippen molar-refractivity contribution in [1.82, 2.24) is 10.2 Å². The zero-order valence-electron chi connectivity index (χ0n) is 8.48. The highest BCUT2D eigenvalue weighted by atomic mass is 35.5. The topological polar surface area (TPSA) is 83.0 Å². The number of aromatic nitrogens is 2. The Hall–Kier alpha value is -2.14. The third-order valence-corrected chi connectivity index (χ3v) is 2.39. The van der Waals surface area contributed by atoms with Crippen LogP contribution in [0.4, 0.5) is 0 Å². The Morgan fingerprint density at radius 2 is 2.12 bits per heavy atom. The van der Waals surface area contributed by atoms with Gasteiger partial charge in [0.25, 0.3) is 5.56 Å². The minimum atomic E-state index is -1.29.